The van der Waals surface area contributed by atoms with E-state index < -0.39 is 0 Å². The standard InChI is InChI=1S/C28H32N4O3/c1-21-6-4-9-24(16-21)35-27-18-29-17-26(30-27)23-8-5-11-32(20-23)28(33)25-10-3-2-7-22(25)19-31-12-14-34-15-13-31/h2-4,6-7,9-10,16-18,23H,5,8,11-15,19-20H2,1H3. The Morgan fingerprint density at radius 3 is 2.80 bits per heavy atom. The summed E-state index contributed by atoms with van der Waals surface area (Å²) in [6.45, 7) is 7.48. The molecule has 2 saturated heterocycles. The molecule has 2 aliphatic heterocycles. The molecule has 182 valence electrons. The highest BCUT2D eigenvalue weighted by atomic mass is 16.5. The summed E-state index contributed by atoms with van der Waals surface area (Å²) in [5, 5.41) is 0. The Morgan fingerprint density at radius 2 is 1.94 bits per heavy atom. The van der Waals surface area contributed by atoms with Crippen molar-refractivity contribution >= 4 is 5.91 Å². The Bertz CT molecular complexity index is 1160. The topological polar surface area (TPSA) is 67.8 Å². The lowest BCUT2D eigenvalue weighted by Gasteiger charge is -2.33. The number of aromatic nitrogens is 2. The molecule has 0 bridgehead atoms. The number of ether oxygens (including phenoxy) is 2. The van der Waals surface area contributed by atoms with Crippen molar-refractivity contribution in [2.24, 2.45) is 0 Å². The minimum absolute atomic E-state index is 0.0960. The van der Waals surface area contributed by atoms with E-state index in [0.717, 1.165) is 80.4 Å². The second-order valence-electron chi connectivity index (χ2n) is 9.34. The van der Waals surface area contributed by atoms with Crippen molar-refractivity contribution in [2.45, 2.75) is 32.2 Å². The number of benzene rings is 2. The SMILES string of the molecule is Cc1cccc(Oc2cncc(C3CCCN(C(=O)c4ccccc4CN4CCOCC4)C3)n2)c1. The van der Waals surface area contributed by atoms with E-state index >= 15 is 0 Å². The number of hydrogen-bond acceptors (Lipinski definition) is 6. The number of carbonyl (C=O) groups excluding carboxylic acids is 1. The van der Waals surface area contributed by atoms with Crippen LogP contribution in [0.15, 0.2) is 60.9 Å². The predicted molar refractivity (Wildman–Crippen MR) is 134 cm³/mol. The Morgan fingerprint density at radius 1 is 1.09 bits per heavy atom. The highest BCUT2D eigenvalue weighted by molar-refractivity contribution is 5.95. The highest BCUT2D eigenvalue weighted by Gasteiger charge is 2.28. The summed E-state index contributed by atoms with van der Waals surface area (Å²) >= 11 is 0. The molecule has 1 aromatic heterocycles. The van der Waals surface area contributed by atoms with Gasteiger partial charge in [-0.1, -0.05) is 30.3 Å². The molecular weight excluding hydrogens is 440 g/mol. The van der Waals surface area contributed by atoms with E-state index in [2.05, 4.69) is 16.0 Å². The maximum absolute atomic E-state index is 13.6. The molecular formula is C28H32N4O3. The van der Waals surface area contributed by atoms with Crippen molar-refractivity contribution in [3.05, 3.63) is 83.3 Å². The molecule has 5 rings (SSSR count). The highest BCUT2D eigenvalue weighted by Crippen LogP contribution is 2.29. The number of likely N-dealkylation sites (tertiary alicyclic amines) is 1. The van der Waals surface area contributed by atoms with Crippen molar-refractivity contribution < 1.29 is 14.3 Å². The van der Waals surface area contributed by atoms with Crippen molar-refractivity contribution in [3.63, 3.8) is 0 Å². The fourth-order valence-corrected chi connectivity index (χ4v) is 4.85. The molecule has 3 aromatic rings. The average molecular weight is 473 g/mol. The van der Waals surface area contributed by atoms with Gasteiger partial charge in [-0.15, -0.1) is 0 Å². The maximum Gasteiger partial charge on any atom is 0.254 e. The summed E-state index contributed by atoms with van der Waals surface area (Å²) < 4.78 is 11.4. The molecule has 7 heteroatoms. The molecule has 7 nitrogen and oxygen atoms in total. The molecule has 0 saturated carbocycles. The van der Waals surface area contributed by atoms with E-state index in [0.29, 0.717) is 12.4 Å². The first-order valence-corrected chi connectivity index (χ1v) is 12.4. The monoisotopic (exact) mass is 472 g/mol. The van der Waals surface area contributed by atoms with Gasteiger partial charge in [-0.25, -0.2) is 4.98 Å². The van der Waals surface area contributed by atoms with E-state index in [9.17, 15) is 4.79 Å². The second-order valence-corrected chi connectivity index (χ2v) is 9.34. The van der Waals surface area contributed by atoms with Gasteiger partial charge in [0.1, 0.15) is 5.75 Å². The van der Waals surface area contributed by atoms with Gasteiger partial charge in [-0.05, 0) is 49.1 Å². The van der Waals surface area contributed by atoms with Gasteiger partial charge in [-0.2, -0.15) is 0 Å². The number of piperidine rings is 1. The van der Waals surface area contributed by atoms with Crippen LogP contribution in [0.3, 0.4) is 0 Å². The third-order valence-corrected chi connectivity index (χ3v) is 6.72. The summed E-state index contributed by atoms with van der Waals surface area (Å²) in [5.41, 5.74) is 3.87. The van der Waals surface area contributed by atoms with E-state index in [-0.39, 0.29) is 11.8 Å². The number of aryl methyl sites for hydroxylation is 1. The van der Waals surface area contributed by atoms with E-state index in [1.54, 1.807) is 12.4 Å². The number of hydrogen-bond donors (Lipinski definition) is 0. The summed E-state index contributed by atoms with van der Waals surface area (Å²) in [7, 11) is 0. The van der Waals surface area contributed by atoms with Crippen LogP contribution in [0.2, 0.25) is 0 Å². The van der Waals surface area contributed by atoms with Crippen LogP contribution in [0.4, 0.5) is 0 Å². The fourth-order valence-electron chi connectivity index (χ4n) is 4.85. The number of morpholine rings is 1. The Balaban J connectivity index is 1.29. The van der Waals surface area contributed by atoms with Crippen molar-refractivity contribution in [2.75, 3.05) is 39.4 Å². The lowest BCUT2D eigenvalue weighted by Crippen LogP contribution is -2.40. The van der Waals surface area contributed by atoms with Gasteiger partial charge in [0.05, 0.1) is 25.1 Å². The van der Waals surface area contributed by atoms with Crippen LogP contribution in [-0.4, -0.2) is 65.1 Å². The van der Waals surface area contributed by atoms with Crippen LogP contribution < -0.4 is 4.74 Å². The molecule has 0 N–H and O–H groups in total. The normalized spacial score (nSPS) is 18.9. The molecule has 2 aliphatic rings. The van der Waals surface area contributed by atoms with Crippen LogP contribution in [0.25, 0.3) is 0 Å². The van der Waals surface area contributed by atoms with Gasteiger partial charge in [0.2, 0.25) is 5.88 Å². The molecule has 0 spiro atoms. The second kappa shape index (κ2) is 11.0. The van der Waals surface area contributed by atoms with Gasteiger partial charge in [0, 0.05) is 50.4 Å². The summed E-state index contributed by atoms with van der Waals surface area (Å²) in [6.07, 6.45) is 5.35. The third kappa shape index (κ3) is 5.86. The smallest absolute Gasteiger partial charge is 0.254 e. The molecule has 35 heavy (non-hydrogen) atoms. The van der Waals surface area contributed by atoms with Crippen molar-refractivity contribution in [3.8, 4) is 11.6 Å². The zero-order valence-corrected chi connectivity index (χ0v) is 20.2. The minimum Gasteiger partial charge on any atom is -0.437 e. The molecule has 2 aromatic carbocycles. The van der Waals surface area contributed by atoms with Gasteiger partial charge >= 0.3 is 0 Å². The van der Waals surface area contributed by atoms with Crippen molar-refractivity contribution in [1.82, 2.24) is 19.8 Å². The largest absolute Gasteiger partial charge is 0.437 e. The van der Waals surface area contributed by atoms with E-state index in [1.807, 2.05) is 54.3 Å². The Hall–Kier alpha value is -3.29. The van der Waals surface area contributed by atoms with Crippen molar-refractivity contribution in [1.29, 1.82) is 0 Å². The molecule has 3 heterocycles. The van der Waals surface area contributed by atoms with Crippen LogP contribution in [0, 0.1) is 6.92 Å². The first-order chi connectivity index (χ1) is 17.2. The predicted octanol–water partition coefficient (Wildman–Crippen LogP) is 4.43. The van der Waals surface area contributed by atoms with E-state index in [4.69, 9.17) is 14.5 Å². The van der Waals surface area contributed by atoms with Gasteiger partial charge in [0.15, 0.2) is 0 Å². The molecule has 1 amide bonds. The summed E-state index contributed by atoms with van der Waals surface area (Å²) in [4.78, 5) is 27.0. The third-order valence-electron chi connectivity index (χ3n) is 6.72. The van der Waals surface area contributed by atoms with Crippen LogP contribution in [-0.2, 0) is 11.3 Å². The van der Waals surface area contributed by atoms with E-state index in [1.165, 1.54) is 0 Å². The quantitative estimate of drug-likeness (QED) is 0.529. The first-order valence-electron chi connectivity index (χ1n) is 12.4. The number of rotatable bonds is 6. The molecule has 1 atom stereocenters. The lowest BCUT2D eigenvalue weighted by molar-refractivity contribution is 0.0339. The van der Waals surface area contributed by atoms with Gasteiger partial charge in [0.25, 0.3) is 5.91 Å². The summed E-state index contributed by atoms with van der Waals surface area (Å²) in [5.74, 6) is 1.45. The van der Waals surface area contributed by atoms with Crippen LogP contribution in [0.5, 0.6) is 11.6 Å². The fraction of sp³-hybridized carbons (Fsp3) is 0.393. The lowest BCUT2D eigenvalue weighted by atomic mass is 9.94. The zero-order valence-electron chi connectivity index (χ0n) is 20.2. The first kappa shape index (κ1) is 23.5. The number of nitrogens with zero attached hydrogens (tertiary/aromatic N) is 4. The Labute approximate surface area is 206 Å². The molecule has 0 radical (unpaired) electrons. The zero-order chi connectivity index (χ0) is 24.0. The van der Waals surface area contributed by atoms with Crippen LogP contribution in [0.1, 0.15) is 45.9 Å². The molecule has 2 fully saturated rings. The average Bonchev–Trinajstić information content (AvgIpc) is 2.89. The number of carbonyl (C=O) groups is 1. The Kier molecular flexibility index (Phi) is 7.35. The number of amides is 1. The van der Waals surface area contributed by atoms with Gasteiger partial charge in [-0.3, -0.25) is 14.7 Å². The molecule has 1 unspecified atom stereocenters. The minimum atomic E-state index is 0.0960. The summed E-state index contributed by atoms with van der Waals surface area (Å²) in [6, 6.07) is 15.9. The molecule has 0 aliphatic carbocycles. The van der Waals surface area contributed by atoms with Crippen LogP contribution >= 0.6 is 0 Å². The van der Waals surface area contributed by atoms with Gasteiger partial charge < -0.3 is 14.4 Å². The maximum atomic E-state index is 13.6.